The Bertz CT molecular complexity index is 3730. The molecule has 0 bridgehead atoms. The van der Waals surface area contributed by atoms with Crippen molar-refractivity contribution in [2.45, 2.75) is 0 Å². The highest BCUT2D eigenvalue weighted by molar-refractivity contribution is 6.47. The first-order valence-corrected chi connectivity index (χ1v) is 18.4. The molecule has 0 aromatic heterocycles. The van der Waals surface area contributed by atoms with E-state index >= 15 is 0 Å². The van der Waals surface area contributed by atoms with Crippen LogP contribution in [0.25, 0.3) is 109 Å². The van der Waals surface area contributed by atoms with Crippen molar-refractivity contribution in [1.29, 1.82) is 10.5 Å². The normalized spacial score (nSPS) is 12.4. The lowest BCUT2D eigenvalue weighted by molar-refractivity contribution is 1.43. The second kappa shape index (κ2) is 9.67. The van der Waals surface area contributed by atoms with Crippen LogP contribution >= 0.6 is 0 Å². The van der Waals surface area contributed by atoms with Crippen molar-refractivity contribution in [2.75, 3.05) is 0 Å². The maximum absolute atomic E-state index is 9.82. The molecule has 0 spiro atoms. The van der Waals surface area contributed by atoms with Crippen LogP contribution in [0.4, 0.5) is 0 Å². The molecule has 242 valence electrons. The van der Waals surface area contributed by atoms with Crippen LogP contribution in [0, 0.1) is 43.5 Å². The lowest BCUT2D eigenvalue weighted by Crippen LogP contribution is -1.87. The van der Waals surface area contributed by atoms with E-state index in [2.05, 4.69) is 146 Å². The number of benzene rings is 9. The van der Waals surface area contributed by atoms with Gasteiger partial charge >= 0.3 is 0 Å². The number of rotatable bonds is 2. The van der Waals surface area contributed by atoms with Gasteiger partial charge in [0.15, 0.2) is 0 Å². The van der Waals surface area contributed by atoms with Crippen molar-refractivity contribution in [3.8, 4) is 56.6 Å². The molecule has 0 atom stereocenters. The molecule has 2 nitrogen and oxygen atoms in total. The Morgan fingerprint density at radius 1 is 0.296 bits per heavy atom. The Kier molecular flexibility index (Phi) is 5.03. The fourth-order valence-corrected chi connectivity index (χ4v) is 10.5. The minimum absolute atomic E-state index is 0.683. The Morgan fingerprint density at radius 3 is 1.31 bits per heavy atom. The van der Waals surface area contributed by atoms with Gasteiger partial charge in [-0.25, -0.2) is 0 Å². The van der Waals surface area contributed by atoms with Crippen molar-refractivity contribution in [3.05, 3.63) is 178 Å². The zero-order chi connectivity index (χ0) is 35.4. The van der Waals surface area contributed by atoms with Gasteiger partial charge < -0.3 is 0 Å². The van der Waals surface area contributed by atoms with Gasteiger partial charge in [-0.15, -0.1) is 0 Å². The Hall–Kier alpha value is -7.52. The molecule has 0 unspecified atom stereocenters. The fraction of sp³-hybridized carbons (Fsp3) is 0. The first kappa shape index (κ1) is 28.1. The molecule has 11 aromatic carbocycles. The molecule has 2 aliphatic carbocycles. The van der Waals surface area contributed by atoms with Gasteiger partial charge in [0.1, 0.15) is 0 Å². The summed E-state index contributed by atoms with van der Waals surface area (Å²) in [5, 5.41) is 39.7. The summed E-state index contributed by atoms with van der Waals surface area (Å²) in [6.07, 6.45) is 0. The molecular weight excluding hydrogens is 653 g/mol. The SMILES string of the molecule is N#Cc1ccc2c(c1)-c1ccc3c4c(-c5ccccc5)c5c6ccc7c8c(ccc(c5c(-c5ccccc5)c4c4ccc-2c1c34)c86)=c1cc(C#N)ccc1=7. The summed E-state index contributed by atoms with van der Waals surface area (Å²) < 4.78 is 0. The Morgan fingerprint density at radius 2 is 0.741 bits per heavy atom. The third-order valence-corrected chi connectivity index (χ3v) is 12.5. The molecule has 13 rings (SSSR count). The van der Waals surface area contributed by atoms with Crippen LogP contribution in [0.3, 0.4) is 0 Å². The van der Waals surface area contributed by atoms with Crippen LogP contribution < -0.4 is 0 Å². The van der Waals surface area contributed by atoms with Crippen molar-refractivity contribution in [3.63, 3.8) is 0 Å². The van der Waals surface area contributed by atoms with Gasteiger partial charge in [-0.05, 0) is 154 Å². The summed E-state index contributed by atoms with van der Waals surface area (Å²) in [5.74, 6) is 0. The van der Waals surface area contributed by atoms with Crippen molar-refractivity contribution < 1.29 is 0 Å². The molecule has 11 aromatic rings. The van der Waals surface area contributed by atoms with Crippen LogP contribution in [0.2, 0.25) is 0 Å². The van der Waals surface area contributed by atoms with E-state index in [0.717, 1.165) is 10.8 Å². The van der Waals surface area contributed by atoms with Gasteiger partial charge in [-0.2, -0.15) is 10.5 Å². The minimum Gasteiger partial charge on any atom is -0.192 e. The molecule has 0 saturated heterocycles. The maximum atomic E-state index is 9.82. The van der Waals surface area contributed by atoms with Crippen LogP contribution in [-0.4, -0.2) is 0 Å². The third kappa shape index (κ3) is 3.19. The number of hydrogen-bond acceptors (Lipinski definition) is 2. The van der Waals surface area contributed by atoms with E-state index in [9.17, 15) is 10.5 Å². The predicted molar refractivity (Wildman–Crippen MR) is 220 cm³/mol. The molecular formula is C52H24N2. The maximum Gasteiger partial charge on any atom is 0.0991 e. The predicted octanol–water partition coefficient (Wildman–Crippen LogP) is 13.1. The van der Waals surface area contributed by atoms with Gasteiger partial charge in [0.05, 0.1) is 23.3 Å². The minimum atomic E-state index is 0.683. The standard InChI is InChI=1S/C52H24N2/c53-25-27-12-14-32-34-16-20-38-48-39(21-17-35(46(34)48)41(32)23-27)51-43(29-7-3-1-4-8-29)49-37-19-15-33-31-13-11-28(26-54)24-42(31)36-18-22-40(47(37)45(33)36)52(49)44(50(38)51)30-9-5-2-6-10-30/h1-24H. The quantitative estimate of drug-likeness (QED) is 0.183. The first-order chi connectivity index (χ1) is 26.7. The molecule has 0 radical (unpaired) electrons. The largest absolute Gasteiger partial charge is 0.192 e. The van der Waals surface area contributed by atoms with Gasteiger partial charge in [0, 0.05) is 0 Å². The highest BCUT2D eigenvalue weighted by Crippen LogP contribution is 2.58. The van der Waals surface area contributed by atoms with E-state index in [1.54, 1.807) is 0 Å². The lowest BCUT2D eigenvalue weighted by atomic mass is 9.87. The van der Waals surface area contributed by atoms with Gasteiger partial charge in [-0.1, -0.05) is 121 Å². The van der Waals surface area contributed by atoms with E-state index in [1.165, 1.54) is 119 Å². The van der Waals surface area contributed by atoms with E-state index in [-0.39, 0.29) is 0 Å². The second-order valence-corrected chi connectivity index (χ2v) is 14.9. The molecule has 2 heteroatoms. The summed E-state index contributed by atoms with van der Waals surface area (Å²) in [6, 6.07) is 57.5. The summed E-state index contributed by atoms with van der Waals surface area (Å²) in [4.78, 5) is 0. The topological polar surface area (TPSA) is 47.6 Å². The summed E-state index contributed by atoms with van der Waals surface area (Å²) in [7, 11) is 0. The molecule has 0 fully saturated rings. The van der Waals surface area contributed by atoms with Gasteiger partial charge in [-0.3, -0.25) is 0 Å². The number of fused-ring (bicyclic) bond motifs is 10. The van der Waals surface area contributed by atoms with Crippen molar-refractivity contribution in [1.82, 2.24) is 0 Å². The van der Waals surface area contributed by atoms with Crippen LogP contribution in [-0.2, 0) is 0 Å². The third-order valence-electron chi connectivity index (χ3n) is 12.5. The molecule has 0 N–H and O–H groups in total. The molecule has 0 saturated carbocycles. The Labute approximate surface area is 308 Å². The lowest BCUT2D eigenvalue weighted by Gasteiger charge is -2.15. The highest BCUT2D eigenvalue weighted by atomic mass is 14.3. The zero-order valence-electron chi connectivity index (χ0n) is 28.8. The van der Waals surface area contributed by atoms with E-state index in [0.29, 0.717) is 11.1 Å². The molecule has 0 heterocycles. The monoisotopic (exact) mass is 676 g/mol. The van der Waals surface area contributed by atoms with E-state index < -0.39 is 0 Å². The van der Waals surface area contributed by atoms with Crippen LogP contribution in [0.15, 0.2) is 146 Å². The fourth-order valence-electron chi connectivity index (χ4n) is 10.5. The Balaban J connectivity index is 1.33. The number of nitrogens with zero attached hydrogens (tertiary/aromatic N) is 2. The highest BCUT2D eigenvalue weighted by Gasteiger charge is 2.31. The van der Waals surface area contributed by atoms with Gasteiger partial charge in [0.2, 0.25) is 0 Å². The van der Waals surface area contributed by atoms with E-state index in [1.807, 2.05) is 12.1 Å². The second-order valence-electron chi connectivity index (χ2n) is 14.9. The first-order valence-electron chi connectivity index (χ1n) is 18.4. The molecule has 2 aliphatic rings. The van der Waals surface area contributed by atoms with Crippen LogP contribution in [0.1, 0.15) is 11.1 Å². The summed E-state index contributed by atoms with van der Waals surface area (Å²) >= 11 is 0. The van der Waals surface area contributed by atoms with E-state index in [4.69, 9.17) is 0 Å². The molecule has 0 aliphatic heterocycles. The average molecular weight is 677 g/mol. The summed E-state index contributed by atoms with van der Waals surface area (Å²) in [6.45, 7) is 0. The van der Waals surface area contributed by atoms with Crippen LogP contribution in [0.5, 0.6) is 0 Å². The van der Waals surface area contributed by atoms with Crippen molar-refractivity contribution >= 4 is 64.6 Å². The number of hydrogen-bond donors (Lipinski definition) is 0. The smallest absolute Gasteiger partial charge is 0.0991 e. The summed E-state index contributed by atoms with van der Waals surface area (Å²) in [5.41, 5.74) is 11.1. The average Bonchev–Trinajstić information content (AvgIpc) is 3.95. The number of nitriles is 2. The van der Waals surface area contributed by atoms with Crippen molar-refractivity contribution in [2.24, 2.45) is 0 Å². The molecule has 54 heavy (non-hydrogen) atoms. The zero-order valence-corrected chi connectivity index (χ0v) is 28.8. The van der Waals surface area contributed by atoms with Gasteiger partial charge in [0.25, 0.3) is 0 Å². The molecule has 0 amide bonds.